The summed E-state index contributed by atoms with van der Waals surface area (Å²) in [5.74, 6) is 0.642. The number of carbonyl (C=O) groups is 2. The van der Waals surface area contributed by atoms with Crippen molar-refractivity contribution in [3.05, 3.63) is 53.0 Å². The number of amides is 2. The molecule has 0 bridgehead atoms. The zero-order valence-corrected chi connectivity index (χ0v) is 16.6. The number of carbonyl (C=O) groups excluding carboxylic acids is 2. The van der Waals surface area contributed by atoms with Crippen molar-refractivity contribution in [3.8, 4) is 11.5 Å². The van der Waals surface area contributed by atoms with Gasteiger partial charge in [-0.1, -0.05) is 15.9 Å². The molecule has 2 aromatic carbocycles. The van der Waals surface area contributed by atoms with Gasteiger partial charge in [-0.15, -0.1) is 0 Å². The molecule has 0 fully saturated rings. The van der Waals surface area contributed by atoms with Crippen molar-refractivity contribution in [3.63, 3.8) is 0 Å². The van der Waals surface area contributed by atoms with E-state index in [-0.39, 0.29) is 19.0 Å². The molecule has 8 heteroatoms. The van der Waals surface area contributed by atoms with Gasteiger partial charge < -0.3 is 20.5 Å². The number of rotatable bonds is 10. The van der Waals surface area contributed by atoms with Gasteiger partial charge in [0.05, 0.1) is 19.7 Å². The van der Waals surface area contributed by atoms with Crippen LogP contribution in [0.3, 0.4) is 0 Å². The van der Waals surface area contributed by atoms with Crippen LogP contribution in [0.15, 0.2) is 53.0 Å². The molecule has 0 aliphatic carbocycles. The fourth-order valence-electron chi connectivity index (χ4n) is 2.30. The summed E-state index contributed by atoms with van der Waals surface area (Å²) in [6, 6.07) is 14.5. The first kappa shape index (κ1) is 20.9. The van der Waals surface area contributed by atoms with Crippen LogP contribution in [-0.4, -0.2) is 50.1 Å². The van der Waals surface area contributed by atoms with Crippen LogP contribution in [0.25, 0.3) is 0 Å². The van der Waals surface area contributed by atoms with E-state index < -0.39 is 5.91 Å². The topological polar surface area (TPSA) is 93.9 Å². The van der Waals surface area contributed by atoms with E-state index in [1.807, 2.05) is 24.3 Å². The first-order valence-corrected chi connectivity index (χ1v) is 9.08. The van der Waals surface area contributed by atoms with E-state index in [0.29, 0.717) is 24.6 Å². The average Bonchev–Trinajstić information content (AvgIpc) is 2.63. The van der Waals surface area contributed by atoms with E-state index in [2.05, 4.69) is 21.2 Å². The normalized spacial score (nSPS) is 10.6. The molecule has 0 aromatic heterocycles. The van der Waals surface area contributed by atoms with Gasteiger partial charge in [-0.2, -0.15) is 0 Å². The highest BCUT2D eigenvalue weighted by atomic mass is 79.9. The lowest BCUT2D eigenvalue weighted by atomic mass is 10.3. The second-order valence-corrected chi connectivity index (χ2v) is 6.71. The van der Waals surface area contributed by atoms with Crippen LogP contribution in [-0.2, 0) is 14.3 Å². The zero-order chi connectivity index (χ0) is 19.6. The van der Waals surface area contributed by atoms with E-state index in [1.165, 1.54) is 0 Å². The molecule has 27 heavy (non-hydrogen) atoms. The summed E-state index contributed by atoms with van der Waals surface area (Å²) in [7, 11) is 1.56. The predicted molar refractivity (Wildman–Crippen MR) is 107 cm³/mol. The molecule has 0 atom stereocenters. The summed E-state index contributed by atoms with van der Waals surface area (Å²) in [5, 5.41) is 2.79. The number of halogens is 1. The third-order valence-corrected chi connectivity index (χ3v) is 4.07. The highest BCUT2D eigenvalue weighted by Crippen LogP contribution is 2.24. The molecule has 3 N–H and O–H groups in total. The third-order valence-electron chi connectivity index (χ3n) is 3.55. The van der Waals surface area contributed by atoms with Gasteiger partial charge in [-0.05, 0) is 48.5 Å². The van der Waals surface area contributed by atoms with Crippen LogP contribution in [0.5, 0.6) is 11.5 Å². The molecule has 2 aromatic rings. The van der Waals surface area contributed by atoms with Gasteiger partial charge in [0.1, 0.15) is 11.5 Å². The second-order valence-electron chi connectivity index (χ2n) is 5.80. The highest BCUT2D eigenvalue weighted by molar-refractivity contribution is 9.10. The summed E-state index contributed by atoms with van der Waals surface area (Å²) < 4.78 is 11.7. The van der Waals surface area contributed by atoms with Crippen LogP contribution in [0.4, 0.5) is 5.69 Å². The maximum Gasteiger partial charge on any atom is 0.238 e. The van der Waals surface area contributed by atoms with E-state index in [9.17, 15) is 9.59 Å². The molecule has 0 spiro atoms. The number of anilines is 1. The lowest BCUT2D eigenvalue weighted by molar-refractivity contribution is -0.121. The largest absolute Gasteiger partial charge is 0.457 e. The predicted octanol–water partition coefficient (Wildman–Crippen LogP) is 2.61. The van der Waals surface area contributed by atoms with Crippen LogP contribution in [0.2, 0.25) is 0 Å². The molecular formula is C19H22BrN3O4. The highest BCUT2D eigenvalue weighted by Gasteiger charge is 2.13. The van der Waals surface area contributed by atoms with Gasteiger partial charge in [-0.25, -0.2) is 0 Å². The van der Waals surface area contributed by atoms with E-state index >= 15 is 0 Å². The Hall–Kier alpha value is -2.42. The number of nitrogens with two attached hydrogens (primary N) is 1. The number of nitrogens with one attached hydrogen (secondary N) is 1. The smallest absolute Gasteiger partial charge is 0.238 e. The van der Waals surface area contributed by atoms with Crippen molar-refractivity contribution in [1.82, 2.24) is 4.90 Å². The monoisotopic (exact) mass is 435 g/mol. The number of methoxy groups -OCH3 is 1. The third kappa shape index (κ3) is 7.78. The molecule has 0 radical (unpaired) electrons. The summed E-state index contributed by atoms with van der Waals surface area (Å²) in [5.41, 5.74) is 5.85. The minimum atomic E-state index is -0.492. The first-order valence-electron chi connectivity index (χ1n) is 8.29. The Balaban J connectivity index is 1.89. The van der Waals surface area contributed by atoms with Gasteiger partial charge in [0.15, 0.2) is 0 Å². The molecule has 0 heterocycles. The maximum absolute atomic E-state index is 12.2. The lowest BCUT2D eigenvalue weighted by Gasteiger charge is -2.19. The summed E-state index contributed by atoms with van der Waals surface area (Å²) in [6.07, 6.45) is 0. The van der Waals surface area contributed by atoms with Crippen molar-refractivity contribution in [2.45, 2.75) is 0 Å². The van der Waals surface area contributed by atoms with Crippen molar-refractivity contribution in [1.29, 1.82) is 0 Å². The second kappa shape index (κ2) is 10.7. The van der Waals surface area contributed by atoms with Crippen molar-refractivity contribution in [2.75, 3.05) is 38.7 Å². The Morgan fingerprint density at radius 1 is 1.04 bits per heavy atom. The van der Waals surface area contributed by atoms with Crippen LogP contribution >= 0.6 is 15.9 Å². The van der Waals surface area contributed by atoms with Gasteiger partial charge in [0.2, 0.25) is 11.8 Å². The molecule has 144 valence electrons. The molecule has 2 amide bonds. The summed E-state index contributed by atoms with van der Waals surface area (Å²) >= 11 is 3.38. The molecule has 0 aliphatic rings. The number of hydrogen-bond donors (Lipinski definition) is 2. The quantitative estimate of drug-likeness (QED) is 0.597. The van der Waals surface area contributed by atoms with Crippen LogP contribution < -0.4 is 15.8 Å². The van der Waals surface area contributed by atoms with Gasteiger partial charge in [-0.3, -0.25) is 14.5 Å². The Morgan fingerprint density at radius 2 is 1.63 bits per heavy atom. The number of hydrogen-bond acceptors (Lipinski definition) is 5. The maximum atomic E-state index is 12.2. The Bertz CT molecular complexity index is 751. The SMILES string of the molecule is COCCN(CC(N)=O)CC(=O)Nc1ccc(Oc2ccc(Br)cc2)cc1. The minimum Gasteiger partial charge on any atom is -0.457 e. The molecule has 0 unspecified atom stereocenters. The zero-order valence-electron chi connectivity index (χ0n) is 15.0. The molecule has 0 aliphatic heterocycles. The van der Waals surface area contributed by atoms with Gasteiger partial charge >= 0.3 is 0 Å². The number of ether oxygens (including phenoxy) is 2. The first-order chi connectivity index (χ1) is 13.0. The van der Waals surface area contributed by atoms with E-state index in [4.69, 9.17) is 15.2 Å². The minimum absolute atomic E-state index is 0.00323. The Labute approximate surface area is 166 Å². The Morgan fingerprint density at radius 3 is 2.19 bits per heavy atom. The Kier molecular flexibility index (Phi) is 8.25. The fraction of sp³-hybridized carbons (Fsp3) is 0.263. The van der Waals surface area contributed by atoms with Gasteiger partial charge in [0.25, 0.3) is 0 Å². The lowest BCUT2D eigenvalue weighted by Crippen LogP contribution is -2.40. The van der Waals surface area contributed by atoms with Crippen molar-refractivity contribution >= 4 is 33.4 Å². The molecular weight excluding hydrogens is 414 g/mol. The van der Waals surface area contributed by atoms with E-state index in [0.717, 1.165) is 10.2 Å². The standard InChI is InChI=1S/C19H22BrN3O4/c1-26-11-10-23(12-18(21)24)13-19(25)22-15-4-8-17(9-5-15)27-16-6-2-14(20)3-7-16/h2-9H,10-13H2,1H3,(H2,21,24)(H,22,25). The number of benzene rings is 2. The van der Waals surface area contributed by atoms with Crippen LogP contribution in [0.1, 0.15) is 0 Å². The van der Waals surface area contributed by atoms with Crippen molar-refractivity contribution < 1.29 is 19.1 Å². The summed E-state index contributed by atoms with van der Waals surface area (Å²) in [6.45, 7) is 0.885. The molecule has 0 saturated carbocycles. The number of nitrogens with zero attached hydrogens (tertiary/aromatic N) is 1. The molecule has 7 nitrogen and oxygen atoms in total. The fourth-order valence-corrected chi connectivity index (χ4v) is 2.57. The average molecular weight is 436 g/mol. The van der Waals surface area contributed by atoms with Gasteiger partial charge in [0, 0.05) is 23.8 Å². The molecule has 0 saturated heterocycles. The molecule has 2 rings (SSSR count). The summed E-state index contributed by atoms with van der Waals surface area (Å²) in [4.78, 5) is 24.9. The van der Waals surface area contributed by atoms with Crippen LogP contribution in [0, 0.1) is 0 Å². The number of primary amides is 1. The van der Waals surface area contributed by atoms with Crippen molar-refractivity contribution in [2.24, 2.45) is 5.73 Å². The van der Waals surface area contributed by atoms with E-state index in [1.54, 1.807) is 36.3 Å².